The molecule has 2 aromatic carbocycles. The Morgan fingerprint density at radius 3 is 2.60 bits per heavy atom. The van der Waals surface area contributed by atoms with Gasteiger partial charge in [0.25, 0.3) is 0 Å². The Hall–Kier alpha value is -1.59. The highest BCUT2D eigenvalue weighted by Crippen LogP contribution is 2.37. The average molecular weight is 410 g/mol. The predicted octanol–water partition coefficient (Wildman–Crippen LogP) is 5.45. The van der Waals surface area contributed by atoms with Gasteiger partial charge in [-0.1, -0.05) is 25.1 Å². The summed E-state index contributed by atoms with van der Waals surface area (Å²) in [5.41, 5.74) is 1.62. The van der Waals surface area contributed by atoms with Gasteiger partial charge >= 0.3 is 0 Å². The molecule has 0 amide bonds. The zero-order valence-corrected chi connectivity index (χ0v) is 16.5. The normalized spacial score (nSPS) is 12.0. The highest BCUT2D eigenvalue weighted by Gasteiger charge is 2.14. The van der Waals surface area contributed by atoms with Crippen LogP contribution in [0, 0.1) is 5.82 Å². The van der Waals surface area contributed by atoms with E-state index in [1.54, 1.807) is 18.2 Å². The van der Waals surface area contributed by atoms with Crippen LogP contribution < -0.4 is 14.8 Å². The van der Waals surface area contributed by atoms with Gasteiger partial charge in [-0.15, -0.1) is 0 Å². The van der Waals surface area contributed by atoms with E-state index in [0.717, 1.165) is 23.0 Å². The van der Waals surface area contributed by atoms with Gasteiger partial charge in [0.15, 0.2) is 11.5 Å². The van der Waals surface area contributed by atoms with Crippen LogP contribution in [0.15, 0.2) is 40.9 Å². The van der Waals surface area contributed by atoms with E-state index in [0.29, 0.717) is 29.7 Å². The van der Waals surface area contributed by atoms with Crippen molar-refractivity contribution in [3.8, 4) is 11.5 Å². The zero-order valence-electron chi connectivity index (χ0n) is 14.9. The van der Waals surface area contributed by atoms with E-state index >= 15 is 0 Å². The number of halogens is 2. The minimum Gasteiger partial charge on any atom is -0.490 e. The standard InChI is InChI=1S/C20H25BrFNO2/c1-4-14(3)23-12-15-10-17(21)20(19(11-15)24-5-2)25-13-16-8-6-7-9-18(16)22/h6-11,14,23H,4-5,12-13H2,1-3H3. The van der Waals surface area contributed by atoms with E-state index in [4.69, 9.17) is 9.47 Å². The van der Waals surface area contributed by atoms with E-state index in [1.165, 1.54) is 6.07 Å². The summed E-state index contributed by atoms with van der Waals surface area (Å²) in [7, 11) is 0. The van der Waals surface area contributed by atoms with Crippen molar-refractivity contribution in [2.45, 2.75) is 46.4 Å². The van der Waals surface area contributed by atoms with E-state index in [9.17, 15) is 4.39 Å². The number of benzene rings is 2. The third-order valence-electron chi connectivity index (χ3n) is 3.97. The fourth-order valence-corrected chi connectivity index (χ4v) is 2.93. The Morgan fingerprint density at radius 1 is 1.16 bits per heavy atom. The lowest BCUT2D eigenvalue weighted by Crippen LogP contribution is -2.24. The highest BCUT2D eigenvalue weighted by atomic mass is 79.9. The smallest absolute Gasteiger partial charge is 0.175 e. The van der Waals surface area contributed by atoms with Crippen LogP contribution in [0.2, 0.25) is 0 Å². The van der Waals surface area contributed by atoms with Crippen molar-refractivity contribution in [3.63, 3.8) is 0 Å². The molecular formula is C20H25BrFNO2. The van der Waals surface area contributed by atoms with Gasteiger partial charge in [-0.3, -0.25) is 0 Å². The molecule has 3 nitrogen and oxygen atoms in total. The maximum atomic E-state index is 13.8. The van der Waals surface area contributed by atoms with Crippen LogP contribution in [0.4, 0.5) is 4.39 Å². The summed E-state index contributed by atoms with van der Waals surface area (Å²) in [6.07, 6.45) is 1.07. The number of nitrogens with one attached hydrogen (secondary N) is 1. The van der Waals surface area contributed by atoms with Crippen molar-refractivity contribution in [3.05, 3.63) is 57.8 Å². The molecule has 2 rings (SSSR count). The molecule has 0 radical (unpaired) electrons. The van der Waals surface area contributed by atoms with Crippen molar-refractivity contribution in [2.24, 2.45) is 0 Å². The molecular weight excluding hydrogens is 385 g/mol. The first kappa shape index (κ1) is 19.7. The fourth-order valence-electron chi connectivity index (χ4n) is 2.33. The third-order valence-corrected chi connectivity index (χ3v) is 4.56. The third kappa shape index (κ3) is 5.72. The second kappa shape index (κ2) is 9.78. The molecule has 25 heavy (non-hydrogen) atoms. The first-order valence-corrected chi connectivity index (χ1v) is 9.39. The summed E-state index contributed by atoms with van der Waals surface area (Å²) in [6.45, 7) is 7.67. The van der Waals surface area contributed by atoms with Crippen molar-refractivity contribution in [1.29, 1.82) is 0 Å². The molecule has 0 aliphatic carbocycles. The first-order valence-electron chi connectivity index (χ1n) is 8.59. The van der Waals surface area contributed by atoms with Crippen LogP contribution in [0.25, 0.3) is 0 Å². The molecule has 136 valence electrons. The molecule has 0 aliphatic heterocycles. The Bertz CT molecular complexity index is 693. The van der Waals surface area contributed by atoms with Crippen molar-refractivity contribution in [1.82, 2.24) is 5.32 Å². The van der Waals surface area contributed by atoms with Crippen molar-refractivity contribution < 1.29 is 13.9 Å². The SMILES string of the molecule is CCOc1cc(CNC(C)CC)cc(Br)c1OCc1ccccc1F. The molecule has 2 aromatic rings. The van der Waals surface area contributed by atoms with E-state index in [-0.39, 0.29) is 12.4 Å². The second-order valence-electron chi connectivity index (χ2n) is 5.91. The van der Waals surface area contributed by atoms with Gasteiger partial charge in [-0.05, 0) is 60.0 Å². The van der Waals surface area contributed by atoms with E-state index in [2.05, 4.69) is 35.1 Å². The van der Waals surface area contributed by atoms with Gasteiger partial charge in [0.05, 0.1) is 11.1 Å². The van der Waals surface area contributed by atoms with Gasteiger partial charge < -0.3 is 14.8 Å². The molecule has 0 spiro atoms. The molecule has 5 heteroatoms. The number of rotatable bonds is 9. The van der Waals surface area contributed by atoms with Gasteiger partial charge in [0.1, 0.15) is 12.4 Å². The van der Waals surface area contributed by atoms with Gasteiger partial charge in [-0.25, -0.2) is 4.39 Å². The fraction of sp³-hybridized carbons (Fsp3) is 0.400. The summed E-state index contributed by atoms with van der Waals surface area (Å²) in [5, 5.41) is 3.46. The van der Waals surface area contributed by atoms with Gasteiger partial charge in [0, 0.05) is 18.2 Å². The molecule has 1 unspecified atom stereocenters. The van der Waals surface area contributed by atoms with Crippen molar-refractivity contribution in [2.75, 3.05) is 6.61 Å². The molecule has 0 bridgehead atoms. The molecule has 0 fully saturated rings. The molecule has 0 aromatic heterocycles. The summed E-state index contributed by atoms with van der Waals surface area (Å²) in [5.74, 6) is 0.984. The molecule has 0 aliphatic rings. The lowest BCUT2D eigenvalue weighted by atomic mass is 10.1. The topological polar surface area (TPSA) is 30.5 Å². The van der Waals surface area contributed by atoms with Crippen LogP contribution in [-0.2, 0) is 13.2 Å². The molecule has 1 atom stereocenters. The summed E-state index contributed by atoms with van der Waals surface area (Å²) >= 11 is 3.56. The molecule has 0 saturated carbocycles. The first-order chi connectivity index (χ1) is 12.0. The highest BCUT2D eigenvalue weighted by molar-refractivity contribution is 9.10. The molecule has 0 heterocycles. The number of ether oxygens (including phenoxy) is 2. The molecule has 0 saturated heterocycles. The van der Waals surface area contributed by atoms with Crippen molar-refractivity contribution >= 4 is 15.9 Å². The lowest BCUT2D eigenvalue weighted by molar-refractivity contribution is 0.264. The minimum absolute atomic E-state index is 0.149. The Morgan fingerprint density at radius 2 is 1.92 bits per heavy atom. The predicted molar refractivity (Wildman–Crippen MR) is 103 cm³/mol. The van der Waals surface area contributed by atoms with E-state index in [1.807, 2.05) is 19.1 Å². The zero-order chi connectivity index (χ0) is 18.2. The summed E-state index contributed by atoms with van der Waals surface area (Å²) in [4.78, 5) is 0. The van der Waals surface area contributed by atoms with Crippen LogP contribution in [0.1, 0.15) is 38.3 Å². The quantitative estimate of drug-likeness (QED) is 0.596. The Kier molecular flexibility index (Phi) is 7.72. The second-order valence-corrected chi connectivity index (χ2v) is 6.76. The minimum atomic E-state index is -0.272. The van der Waals surface area contributed by atoms with Crippen LogP contribution in [0.3, 0.4) is 0 Å². The Balaban J connectivity index is 2.17. The largest absolute Gasteiger partial charge is 0.490 e. The van der Waals surface area contributed by atoms with Gasteiger partial charge in [0.2, 0.25) is 0 Å². The lowest BCUT2D eigenvalue weighted by Gasteiger charge is -2.17. The number of hydrogen-bond acceptors (Lipinski definition) is 3. The van der Waals surface area contributed by atoms with Crippen LogP contribution in [0.5, 0.6) is 11.5 Å². The Labute approximate surface area is 157 Å². The summed E-state index contributed by atoms with van der Waals surface area (Å²) in [6, 6.07) is 11.0. The summed E-state index contributed by atoms with van der Waals surface area (Å²) < 4.78 is 26.2. The maximum absolute atomic E-state index is 13.8. The van der Waals surface area contributed by atoms with E-state index < -0.39 is 0 Å². The molecule has 1 N–H and O–H groups in total. The number of hydrogen-bond donors (Lipinski definition) is 1. The monoisotopic (exact) mass is 409 g/mol. The van der Waals surface area contributed by atoms with Crippen LogP contribution in [-0.4, -0.2) is 12.6 Å². The average Bonchev–Trinajstić information content (AvgIpc) is 2.60. The van der Waals surface area contributed by atoms with Crippen LogP contribution >= 0.6 is 15.9 Å². The van der Waals surface area contributed by atoms with Gasteiger partial charge in [-0.2, -0.15) is 0 Å². The maximum Gasteiger partial charge on any atom is 0.175 e.